The molecule has 6 nitrogen and oxygen atoms in total. The maximum Gasteiger partial charge on any atom is 0.416 e. The van der Waals surface area contributed by atoms with Gasteiger partial charge in [0, 0.05) is 75.6 Å². The molecular formula is C41H40F5N3O3S. The Hall–Kier alpha value is -4.52. The molecule has 0 N–H and O–H groups in total. The van der Waals surface area contributed by atoms with Gasteiger partial charge < -0.3 is 19.1 Å². The standard InChI is InChI=1S/C41H40F5N3O3S/c1-27-22-29(28-12-14-32(15-13-28)41(44,45)46)10-11-30(27)24-48(33-16-18-47(19-17-33)20-21-52-2)38(51)25-49-36-9-4-3-7-34(36)37(50)23-39(49)53-26-31-6-5-8-35(42)40(31)43/h3-15,22-23,33H,16-21,24-26H2,1-2H3/i3D,4D,5D,6D,7D,8D,9D,10D,11D,12D,13D,14D,15D,16D2,17D2,18D2,19D2,21D2,22D,23D,24D2,25D2,26D2,33D. The highest BCUT2D eigenvalue weighted by Crippen LogP contribution is 2.32. The number of aromatic nitrogens is 1. The number of rotatable bonds is 12. The van der Waals surface area contributed by atoms with Crippen LogP contribution in [0.4, 0.5) is 22.0 Å². The van der Waals surface area contributed by atoms with Crippen LogP contribution < -0.4 is 5.43 Å². The van der Waals surface area contributed by atoms with Crippen LogP contribution in [0.5, 0.6) is 0 Å². The SMILES string of the molecule is [2H]c1c([2H])c(F)c(F)c(C([2H])([2H])Sc2c([2H])c(=O)c3c([2H])c([2H])c([2H])c([2H])c3n2C([2H])([2H])C(=O)N(C([2H])([2H])c2c([2H])c([2H])c(-c3c([2H])c([2H])c(C(F)(F)F)c([2H])c3[2H])c([2H])c2C)C2([2H])C([2H])([2H])C([2H])([2H])N(CC([2H])([2H])OC)C([2H])([2H])C2([2H])[2H])c1[2H]. The minimum atomic E-state index is -5.60. The van der Waals surface area contributed by atoms with E-state index in [1.165, 1.54) is 0 Å². The fourth-order valence-corrected chi connectivity index (χ4v) is 4.78. The van der Waals surface area contributed by atoms with E-state index in [0.29, 0.717) is 14.0 Å². The highest BCUT2D eigenvalue weighted by Gasteiger charge is 2.31. The van der Waals surface area contributed by atoms with Gasteiger partial charge in [-0.15, -0.1) is 11.8 Å². The van der Waals surface area contributed by atoms with Gasteiger partial charge in [-0.3, -0.25) is 9.59 Å². The molecule has 0 radical (unpaired) electrons. The molecule has 53 heavy (non-hydrogen) atoms. The Labute approximate surface area is 354 Å². The van der Waals surface area contributed by atoms with Crippen molar-refractivity contribution in [3.8, 4) is 11.1 Å². The molecule has 1 aliphatic rings. The van der Waals surface area contributed by atoms with Crippen molar-refractivity contribution in [3.05, 3.63) is 135 Å². The molecule has 0 atom stereocenters. The van der Waals surface area contributed by atoms with E-state index in [0.717, 1.165) is 0 Å². The number of hydrogen-bond donors (Lipinski definition) is 0. The molecule has 0 spiro atoms. The van der Waals surface area contributed by atoms with E-state index < -0.39 is 259 Å². The summed E-state index contributed by atoms with van der Waals surface area (Å²) < 4.78 is 360. The van der Waals surface area contributed by atoms with Crippen LogP contribution in [0.25, 0.3) is 22.0 Å². The van der Waals surface area contributed by atoms with Gasteiger partial charge in [0.2, 0.25) is 5.91 Å². The number of pyridine rings is 1. The van der Waals surface area contributed by atoms with Crippen LogP contribution in [0.15, 0.2) is 100 Å². The maximum atomic E-state index is 16.2. The van der Waals surface area contributed by atoms with Crippen LogP contribution in [0.1, 0.15) is 78.9 Å². The molecule has 0 saturated carbocycles. The van der Waals surface area contributed by atoms with Gasteiger partial charge >= 0.3 is 6.18 Å². The first-order valence-electron chi connectivity index (χ1n) is 30.3. The fraction of sp³-hybridized carbons (Fsp3) is 0.317. The number of thioether (sulfide) groups is 1. The summed E-state index contributed by atoms with van der Waals surface area (Å²) >= 11 is -0.915. The quantitative estimate of drug-likeness (QED) is 0.0937. The van der Waals surface area contributed by atoms with Gasteiger partial charge in [0.15, 0.2) is 17.1 Å². The van der Waals surface area contributed by atoms with E-state index >= 15 is 13.6 Å². The molecule has 278 valence electrons. The van der Waals surface area contributed by atoms with Crippen molar-refractivity contribution in [2.45, 2.75) is 55.6 Å². The molecule has 0 aliphatic carbocycles. The fourth-order valence-electron chi connectivity index (χ4n) is 4.07. The summed E-state index contributed by atoms with van der Waals surface area (Å²) in [5.74, 6) is -7.94. The van der Waals surface area contributed by atoms with E-state index in [2.05, 4.69) is 4.74 Å². The molecule has 12 heteroatoms. The van der Waals surface area contributed by atoms with Crippen LogP contribution in [0.3, 0.4) is 0 Å². The molecule has 0 unspecified atom stereocenters. The number of hydrogen-bond acceptors (Lipinski definition) is 5. The number of likely N-dealkylation sites (tertiary alicyclic amines) is 1. The predicted molar refractivity (Wildman–Crippen MR) is 198 cm³/mol. The van der Waals surface area contributed by atoms with E-state index in [9.17, 15) is 30.3 Å². The van der Waals surface area contributed by atoms with Crippen molar-refractivity contribution >= 4 is 28.6 Å². The molecule has 2 heterocycles. The highest BCUT2D eigenvalue weighted by molar-refractivity contribution is 7.98. The van der Waals surface area contributed by atoms with Gasteiger partial charge in [0.05, 0.1) is 52.8 Å². The van der Waals surface area contributed by atoms with Gasteiger partial charge in [0.25, 0.3) is 0 Å². The summed E-state index contributed by atoms with van der Waals surface area (Å²) in [6.07, 6.45) is -15.6. The number of benzene rings is 4. The average molecular weight is 782 g/mol. The Balaban J connectivity index is 1.88. The Bertz CT molecular complexity index is 3650. The van der Waals surface area contributed by atoms with Crippen molar-refractivity contribution in [2.24, 2.45) is 0 Å². The number of carbonyl (C=O) groups excluding carboxylic acids is 1. The Morgan fingerprint density at radius 2 is 1.72 bits per heavy atom. The Kier molecular flexibility index (Phi) is 4.70. The van der Waals surface area contributed by atoms with Gasteiger partial charge in [-0.05, 0) is 72.1 Å². The lowest BCUT2D eigenvalue weighted by Crippen LogP contribution is -2.48. The second-order valence-electron chi connectivity index (χ2n) is 10.0. The zero-order valence-electron chi connectivity index (χ0n) is 58.6. The van der Waals surface area contributed by atoms with Gasteiger partial charge in [-0.25, -0.2) is 8.78 Å². The molecule has 1 aliphatic heterocycles. The smallest absolute Gasteiger partial charge is 0.383 e. The molecule has 6 rings (SSSR count). The number of alkyl halides is 3. The topological polar surface area (TPSA) is 54.8 Å². The molecule has 1 saturated heterocycles. The summed E-state index contributed by atoms with van der Waals surface area (Å²) in [4.78, 5) is 28.5. The minimum absolute atomic E-state index is 0.523. The number of fused-ring (bicyclic) bond motifs is 1. The second kappa shape index (κ2) is 16.7. The van der Waals surface area contributed by atoms with Crippen LogP contribution in [0.2, 0.25) is 0 Å². The summed E-state index contributed by atoms with van der Waals surface area (Å²) in [5.41, 5.74) is -17.6. The largest absolute Gasteiger partial charge is 0.416 e. The number of nitrogens with zero attached hydrogens (tertiary/aromatic N) is 3. The van der Waals surface area contributed by atoms with Gasteiger partial charge in [0.1, 0.15) is 6.50 Å². The van der Waals surface area contributed by atoms with Crippen molar-refractivity contribution in [1.82, 2.24) is 14.4 Å². The molecule has 0 bridgehead atoms. The van der Waals surface area contributed by atoms with Crippen molar-refractivity contribution in [2.75, 3.05) is 33.2 Å². The molecule has 1 fully saturated rings. The van der Waals surface area contributed by atoms with Crippen LogP contribution in [-0.2, 0) is 34.4 Å². The van der Waals surface area contributed by atoms with Crippen LogP contribution in [0, 0.1) is 18.6 Å². The van der Waals surface area contributed by atoms with Gasteiger partial charge in [-0.1, -0.05) is 54.4 Å². The molecular weight excluding hydrogens is 710 g/mol. The number of halogens is 5. The summed E-state index contributed by atoms with van der Waals surface area (Å²) in [6.45, 7) is -23.8. The number of carbonyl (C=O) groups is 1. The lowest BCUT2D eigenvalue weighted by Gasteiger charge is -2.39. The summed E-state index contributed by atoms with van der Waals surface area (Å²) in [6, 6.07) is -30.2. The first-order valence-corrected chi connectivity index (χ1v) is 15.1. The highest BCUT2D eigenvalue weighted by atomic mass is 32.2. The predicted octanol–water partition coefficient (Wildman–Crippen LogP) is 8.71. The first-order chi connectivity index (χ1) is 38.1. The van der Waals surface area contributed by atoms with Gasteiger partial charge in [-0.2, -0.15) is 13.2 Å². The van der Waals surface area contributed by atoms with E-state index in [-0.39, 0.29) is 0 Å². The van der Waals surface area contributed by atoms with Crippen molar-refractivity contribution < 1.29 is 75.3 Å². The number of piperidine rings is 1. The summed E-state index contributed by atoms with van der Waals surface area (Å²) in [5, 5.41) is -3.42. The van der Waals surface area contributed by atoms with E-state index in [1.807, 2.05) is 0 Å². The molecule has 5 aromatic rings. The van der Waals surface area contributed by atoms with E-state index in [1.54, 1.807) is 0 Å². The third kappa shape index (κ3) is 9.00. The summed E-state index contributed by atoms with van der Waals surface area (Å²) in [7, 11) is 0.615. The van der Waals surface area contributed by atoms with Crippen molar-refractivity contribution in [1.29, 1.82) is 0 Å². The zero-order valence-corrected chi connectivity index (χ0v) is 27.4. The zero-order chi connectivity index (χ0) is 66.0. The Morgan fingerprint density at radius 3 is 2.43 bits per heavy atom. The lowest BCUT2D eigenvalue weighted by atomic mass is 9.97. The number of para-hydroxylation sites is 1. The number of methoxy groups -OCH3 is 1. The van der Waals surface area contributed by atoms with Crippen molar-refractivity contribution in [3.63, 3.8) is 0 Å². The van der Waals surface area contributed by atoms with Crippen LogP contribution >= 0.6 is 11.8 Å². The Morgan fingerprint density at radius 1 is 1.00 bits per heavy atom. The minimum Gasteiger partial charge on any atom is -0.383 e. The molecule has 1 amide bonds. The normalized spacial score (nSPS) is 28.4. The number of amides is 1. The second-order valence-corrected chi connectivity index (χ2v) is 10.8. The van der Waals surface area contributed by atoms with E-state index in [4.69, 9.17) is 31.5 Å². The monoisotopic (exact) mass is 781 g/mol. The molecule has 1 aromatic heterocycles. The average Bonchev–Trinajstić information content (AvgIpc) is 0.666. The van der Waals surface area contributed by atoms with Crippen LogP contribution in [-0.4, -0.2) is 59.5 Å². The third-order valence-electron chi connectivity index (χ3n) is 6.57. The number of ether oxygens (including phenoxy) is 1. The first kappa shape index (κ1) is 15.0. The molecule has 4 aromatic carbocycles. The lowest BCUT2D eigenvalue weighted by molar-refractivity contribution is -0.137. The third-order valence-corrected chi connectivity index (χ3v) is 7.35. The maximum absolute atomic E-state index is 16.2.